The fraction of sp³-hybridized carbons (Fsp3) is 0.955. The lowest BCUT2D eigenvalue weighted by Gasteiger charge is -2.16. The van der Waals surface area contributed by atoms with Crippen LogP contribution in [0.2, 0.25) is 0 Å². The zero-order valence-electron chi connectivity index (χ0n) is 19.1. The number of aliphatic hydroxyl groups excluding tert-OH is 1. The standard InChI is InChI=1S/C20H41NO2.C2H5O3P/c1-3-5-7-9-10-11-12-13-15-17-20(23)21-19(18-22)16-14-8-6-4-2;1-2-5-6(3)4/h19,22H,3-18H2,1-2H3,(H,21,23);2H2,1H3. The van der Waals surface area contributed by atoms with Gasteiger partial charge in [-0.1, -0.05) is 90.9 Å². The van der Waals surface area contributed by atoms with Crippen LogP contribution in [0.3, 0.4) is 0 Å². The molecule has 0 fully saturated rings. The predicted octanol–water partition coefficient (Wildman–Crippen LogP) is 5.40. The molecular formula is C22H46NO5P. The van der Waals surface area contributed by atoms with E-state index in [0.717, 1.165) is 25.7 Å². The number of rotatable bonds is 19. The van der Waals surface area contributed by atoms with Gasteiger partial charge in [0.1, 0.15) is 0 Å². The number of aliphatic hydroxyl groups is 1. The highest BCUT2D eigenvalue weighted by molar-refractivity contribution is 7.30. The highest BCUT2D eigenvalue weighted by Crippen LogP contribution is 2.11. The average molecular weight is 436 g/mol. The molecule has 2 atom stereocenters. The van der Waals surface area contributed by atoms with Crippen molar-refractivity contribution in [3.05, 3.63) is 0 Å². The molecule has 29 heavy (non-hydrogen) atoms. The summed E-state index contributed by atoms with van der Waals surface area (Å²) in [6.07, 6.45) is 17.7. The third-order valence-electron chi connectivity index (χ3n) is 4.73. The maximum atomic E-state index is 11.9. The summed E-state index contributed by atoms with van der Waals surface area (Å²) in [6.45, 7) is 6.35. The molecular weight excluding hydrogens is 389 g/mol. The van der Waals surface area contributed by atoms with Crippen molar-refractivity contribution in [1.29, 1.82) is 0 Å². The molecule has 0 aliphatic rings. The molecule has 0 aromatic carbocycles. The van der Waals surface area contributed by atoms with Gasteiger partial charge >= 0.3 is 8.25 Å². The summed E-state index contributed by atoms with van der Waals surface area (Å²) in [4.78, 5) is 21.3. The van der Waals surface area contributed by atoms with E-state index in [4.69, 9.17) is 0 Å². The SMILES string of the molecule is CCCCCCCCCCCC(=O)NC(CO)CCCCCC.CCO[P+](=O)[O-]. The van der Waals surface area contributed by atoms with Crippen molar-refractivity contribution in [3.8, 4) is 0 Å². The monoisotopic (exact) mass is 435 g/mol. The highest BCUT2D eigenvalue weighted by Gasteiger charge is 2.10. The van der Waals surface area contributed by atoms with E-state index in [1.807, 2.05) is 0 Å². The second-order valence-electron chi connectivity index (χ2n) is 7.52. The van der Waals surface area contributed by atoms with E-state index in [1.165, 1.54) is 64.2 Å². The molecule has 0 aliphatic carbocycles. The van der Waals surface area contributed by atoms with Crippen molar-refractivity contribution >= 4 is 14.2 Å². The largest absolute Gasteiger partial charge is 0.566 e. The van der Waals surface area contributed by atoms with Crippen LogP contribution in [0.15, 0.2) is 0 Å². The van der Waals surface area contributed by atoms with Gasteiger partial charge in [-0.05, 0) is 24.3 Å². The molecule has 0 aromatic rings. The maximum Gasteiger partial charge on any atom is 0.488 e. The summed E-state index contributed by atoms with van der Waals surface area (Å²) in [7, 11) is -2.60. The maximum absolute atomic E-state index is 11.9. The van der Waals surface area contributed by atoms with Crippen LogP contribution in [0, 0.1) is 0 Å². The minimum atomic E-state index is -2.60. The number of carbonyl (C=O) groups excluding carboxylic acids is 1. The second-order valence-corrected chi connectivity index (χ2v) is 8.22. The summed E-state index contributed by atoms with van der Waals surface area (Å²) in [5, 5.41) is 12.3. The highest BCUT2D eigenvalue weighted by atomic mass is 31.1. The average Bonchev–Trinajstić information content (AvgIpc) is 2.69. The summed E-state index contributed by atoms with van der Waals surface area (Å²) >= 11 is 0. The first-order valence-electron chi connectivity index (χ1n) is 11.7. The van der Waals surface area contributed by atoms with E-state index in [1.54, 1.807) is 6.92 Å². The molecule has 0 bridgehead atoms. The Hall–Kier alpha value is -0.550. The fourth-order valence-corrected chi connectivity index (χ4v) is 3.24. The second kappa shape index (κ2) is 25.5. The molecule has 0 spiro atoms. The molecule has 0 radical (unpaired) electrons. The molecule has 6 nitrogen and oxygen atoms in total. The molecule has 0 aromatic heterocycles. The first kappa shape index (κ1) is 30.6. The van der Waals surface area contributed by atoms with Gasteiger partial charge in [-0.25, -0.2) is 0 Å². The van der Waals surface area contributed by atoms with Gasteiger partial charge in [0.15, 0.2) is 0 Å². The topological polar surface area (TPSA) is 98.7 Å². The molecule has 0 saturated carbocycles. The number of amides is 1. The predicted molar refractivity (Wildman–Crippen MR) is 119 cm³/mol. The van der Waals surface area contributed by atoms with Crippen molar-refractivity contribution in [3.63, 3.8) is 0 Å². The number of carbonyl (C=O) groups is 1. The lowest BCUT2D eigenvalue weighted by molar-refractivity contribution is -0.185. The third-order valence-corrected chi connectivity index (χ3v) is 5.20. The van der Waals surface area contributed by atoms with Crippen LogP contribution in [-0.4, -0.2) is 30.3 Å². The van der Waals surface area contributed by atoms with E-state index in [9.17, 15) is 19.4 Å². The molecule has 2 N–H and O–H groups in total. The summed E-state index contributed by atoms with van der Waals surface area (Å²) in [6, 6.07) is -0.0436. The fourth-order valence-electron chi connectivity index (χ4n) is 3.03. The van der Waals surface area contributed by atoms with Gasteiger partial charge in [-0.3, -0.25) is 4.79 Å². The van der Waals surface area contributed by atoms with Crippen LogP contribution in [0.5, 0.6) is 0 Å². The molecule has 0 saturated heterocycles. The van der Waals surface area contributed by atoms with Crippen molar-refractivity contribution in [2.75, 3.05) is 13.2 Å². The number of hydrogen-bond donors (Lipinski definition) is 2. The summed E-state index contributed by atoms with van der Waals surface area (Å²) in [5.41, 5.74) is 0. The molecule has 174 valence electrons. The Balaban J connectivity index is 0. The molecule has 2 unspecified atom stereocenters. The minimum Gasteiger partial charge on any atom is -0.566 e. The Bertz CT molecular complexity index is 369. The van der Waals surface area contributed by atoms with Crippen molar-refractivity contribution in [2.24, 2.45) is 0 Å². The first-order chi connectivity index (χ1) is 14.0. The van der Waals surface area contributed by atoms with Gasteiger partial charge < -0.3 is 15.3 Å². The Morgan fingerprint density at radius 3 is 1.79 bits per heavy atom. The van der Waals surface area contributed by atoms with Crippen LogP contribution in [0.1, 0.15) is 117 Å². The Morgan fingerprint density at radius 1 is 0.897 bits per heavy atom. The normalized spacial score (nSPS) is 12.1. The van der Waals surface area contributed by atoms with Crippen molar-refractivity contribution in [2.45, 2.75) is 123 Å². The number of hydrogen-bond acceptors (Lipinski definition) is 5. The molecule has 1 amide bonds. The Morgan fingerprint density at radius 2 is 1.38 bits per heavy atom. The first-order valence-corrected chi connectivity index (χ1v) is 12.8. The zero-order chi connectivity index (χ0) is 22.2. The molecule has 0 heterocycles. The van der Waals surface area contributed by atoms with Crippen LogP contribution in [0.25, 0.3) is 0 Å². The van der Waals surface area contributed by atoms with Gasteiger partial charge in [0, 0.05) is 6.42 Å². The van der Waals surface area contributed by atoms with Gasteiger partial charge in [0.25, 0.3) is 0 Å². The van der Waals surface area contributed by atoms with Crippen molar-refractivity contribution < 1.29 is 23.9 Å². The van der Waals surface area contributed by atoms with E-state index in [-0.39, 0.29) is 25.2 Å². The summed E-state index contributed by atoms with van der Waals surface area (Å²) < 4.78 is 13.4. The van der Waals surface area contributed by atoms with Crippen LogP contribution < -0.4 is 10.2 Å². The third kappa shape index (κ3) is 27.4. The van der Waals surface area contributed by atoms with Gasteiger partial charge in [-0.15, -0.1) is 4.52 Å². The lowest BCUT2D eigenvalue weighted by Crippen LogP contribution is -2.37. The van der Waals surface area contributed by atoms with Crippen molar-refractivity contribution in [1.82, 2.24) is 5.32 Å². The van der Waals surface area contributed by atoms with Gasteiger partial charge in [0.05, 0.1) is 19.3 Å². The van der Waals surface area contributed by atoms with E-state index < -0.39 is 8.25 Å². The molecule has 0 aliphatic heterocycles. The summed E-state index contributed by atoms with van der Waals surface area (Å²) in [5.74, 6) is 0.113. The zero-order valence-corrected chi connectivity index (χ0v) is 20.0. The number of nitrogens with one attached hydrogen (secondary N) is 1. The molecule has 7 heteroatoms. The van der Waals surface area contributed by atoms with Gasteiger partial charge in [0.2, 0.25) is 5.91 Å². The van der Waals surface area contributed by atoms with E-state index in [2.05, 4.69) is 23.7 Å². The van der Waals surface area contributed by atoms with Crippen LogP contribution >= 0.6 is 8.25 Å². The lowest BCUT2D eigenvalue weighted by atomic mass is 10.1. The minimum absolute atomic E-state index is 0.0436. The smallest absolute Gasteiger partial charge is 0.488 e. The number of unbranched alkanes of at least 4 members (excludes halogenated alkanes) is 11. The van der Waals surface area contributed by atoms with Crippen LogP contribution in [0.4, 0.5) is 0 Å². The quantitative estimate of drug-likeness (QED) is 0.209. The van der Waals surface area contributed by atoms with E-state index >= 15 is 0 Å². The van der Waals surface area contributed by atoms with Gasteiger partial charge in [-0.2, -0.15) is 0 Å². The Kier molecular flexibility index (Phi) is 26.9. The molecule has 0 rings (SSSR count). The Labute approximate surface area is 180 Å². The van der Waals surface area contributed by atoms with Crippen LogP contribution in [-0.2, 0) is 13.9 Å². The van der Waals surface area contributed by atoms with E-state index in [0.29, 0.717) is 6.42 Å².